The maximum absolute atomic E-state index is 12.9. The van der Waals surface area contributed by atoms with Crippen LogP contribution in [0.15, 0.2) is 41.2 Å². The first-order valence-electron chi connectivity index (χ1n) is 12.7. The minimum Gasteiger partial charge on any atom is -0.497 e. The van der Waals surface area contributed by atoms with Gasteiger partial charge in [-0.05, 0) is 30.2 Å². The van der Waals surface area contributed by atoms with Gasteiger partial charge in [-0.3, -0.25) is 14.4 Å². The molecular formula is C27H35N4O4+. The lowest BCUT2D eigenvalue weighted by atomic mass is 9.81. The monoisotopic (exact) mass is 479 g/mol. The molecule has 5 rings (SSSR count). The van der Waals surface area contributed by atoms with Crippen LogP contribution in [-0.2, 0) is 22.6 Å². The van der Waals surface area contributed by atoms with Crippen LogP contribution in [0, 0.1) is 5.92 Å². The lowest BCUT2D eigenvalue weighted by Gasteiger charge is -2.45. The number of carbonyl (C=O) groups is 2. The van der Waals surface area contributed by atoms with Crippen LogP contribution >= 0.6 is 0 Å². The van der Waals surface area contributed by atoms with Crippen LogP contribution in [0.4, 0.5) is 5.69 Å². The van der Waals surface area contributed by atoms with Crippen molar-refractivity contribution in [3.8, 4) is 5.75 Å². The number of benzene rings is 1. The Balaban J connectivity index is 1.32. The third-order valence-electron chi connectivity index (χ3n) is 8.05. The SMILES string of the molecule is COc1ccc(CC(=O)Nc2ccc(=O)n3c2[C@@H]2C[C@H](C3)C[NH+](C3CCN(C(C)=O)CC3)C2)cc1. The van der Waals surface area contributed by atoms with E-state index in [1.807, 2.05) is 33.7 Å². The number of ether oxygens (including phenoxy) is 1. The summed E-state index contributed by atoms with van der Waals surface area (Å²) >= 11 is 0. The van der Waals surface area contributed by atoms with E-state index in [2.05, 4.69) is 5.32 Å². The number of amides is 2. The van der Waals surface area contributed by atoms with Crippen LogP contribution in [0.2, 0.25) is 0 Å². The number of anilines is 1. The number of nitrogens with zero attached hydrogens (tertiary/aromatic N) is 2. The molecule has 35 heavy (non-hydrogen) atoms. The summed E-state index contributed by atoms with van der Waals surface area (Å²) < 4.78 is 7.10. The Labute approximate surface area is 205 Å². The van der Waals surface area contributed by atoms with E-state index in [9.17, 15) is 14.4 Å². The molecule has 1 aromatic carbocycles. The molecule has 186 valence electrons. The maximum atomic E-state index is 12.9. The summed E-state index contributed by atoms with van der Waals surface area (Å²) in [6.45, 7) is 6.07. The van der Waals surface area contributed by atoms with Gasteiger partial charge in [-0.15, -0.1) is 0 Å². The van der Waals surface area contributed by atoms with Crippen molar-refractivity contribution in [2.24, 2.45) is 5.92 Å². The van der Waals surface area contributed by atoms with Crippen LogP contribution in [0.3, 0.4) is 0 Å². The van der Waals surface area contributed by atoms with Gasteiger partial charge >= 0.3 is 0 Å². The average Bonchev–Trinajstić information content (AvgIpc) is 2.86. The summed E-state index contributed by atoms with van der Waals surface area (Å²) in [5, 5.41) is 3.11. The van der Waals surface area contributed by atoms with Crippen molar-refractivity contribution in [3.05, 3.63) is 58.0 Å². The van der Waals surface area contributed by atoms with Gasteiger partial charge in [0.05, 0.1) is 50.0 Å². The van der Waals surface area contributed by atoms with Gasteiger partial charge in [0.25, 0.3) is 5.56 Å². The molecule has 2 N–H and O–H groups in total. The first kappa shape index (κ1) is 23.6. The molecule has 2 amide bonds. The van der Waals surface area contributed by atoms with E-state index in [1.54, 1.807) is 31.1 Å². The van der Waals surface area contributed by atoms with E-state index in [4.69, 9.17) is 4.74 Å². The number of hydrogen-bond acceptors (Lipinski definition) is 4. The van der Waals surface area contributed by atoms with Crippen molar-refractivity contribution >= 4 is 17.5 Å². The number of piperidine rings is 2. The number of likely N-dealkylation sites (tertiary alicyclic amines) is 2. The van der Waals surface area contributed by atoms with E-state index in [0.717, 1.165) is 68.1 Å². The van der Waals surface area contributed by atoms with Crippen LogP contribution < -0.4 is 20.5 Å². The summed E-state index contributed by atoms with van der Waals surface area (Å²) in [5.74, 6) is 1.54. The first-order valence-corrected chi connectivity index (χ1v) is 12.7. The van der Waals surface area contributed by atoms with Gasteiger partial charge in [0, 0.05) is 51.4 Å². The van der Waals surface area contributed by atoms with Gasteiger partial charge in [-0.1, -0.05) is 12.1 Å². The van der Waals surface area contributed by atoms with Gasteiger partial charge in [0.15, 0.2) is 0 Å². The fourth-order valence-electron chi connectivity index (χ4n) is 6.33. The van der Waals surface area contributed by atoms with Gasteiger partial charge < -0.3 is 24.4 Å². The van der Waals surface area contributed by atoms with E-state index in [0.29, 0.717) is 18.5 Å². The largest absolute Gasteiger partial charge is 0.497 e. The molecule has 2 saturated heterocycles. The minimum atomic E-state index is -0.0876. The zero-order valence-corrected chi connectivity index (χ0v) is 20.6. The normalized spacial score (nSPS) is 23.9. The third kappa shape index (κ3) is 4.98. The van der Waals surface area contributed by atoms with Crippen LogP contribution in [-0.4, -0.2) is 60.6 Å². The fourth-order valence-corrected chi connectivity index (χ4v) is 6.33. The average molecular weight is 480 g/mol. The highest BCUT2D eigenvalue weighted by atomic mass is 16.5. The number of aromatic nitrogens is 1. The number of rotatable bonds is 5. The molecule has 2 bridgehead atoms. The molecule has 1 unspecified atom stereocenters. The Morgan fingerprint density at radius 1 is 1.09 bits per heavy atom. The molecule has 3 atom stereocenters. The number of hydrogen-bond donors (Lipinski definition) is 2. The second-order valence-corrected chi connectivity index (χ2v) is 10.3. The molecule has 1 aromatic heterocycles. The molecule has 3 aliphatic heterocycles. The first-order chi connectivity index (χ1) is 16.9. The zero-order chi connectivity index (χ0) is 24.5. The highest BCUT2D eigenvalue weighted by Crippen LogP contribution is 2.35. The lowest BCUT2D eigenvalue weighted by molar-refractivity contribution is -0.937. The van der Waals surface area contributed by atoms with Gasteiger partial charge in [-0.2, -0.15) is 0 Å². The Hall–Kier alpha value is -3.13. The molecule has 3 aliphatic rings. The van der Waals surface area contributed by atoms with Crippen molar-refractivity contribution in [1.29, 1.82) is 0 Å². The number of nitrogens with one attached hydrogen (secondary N) is 2. The summed E-state index contributed by atoms with van der Waals surface area (Å²) in [4.78, 5) is 40.9. The quantitative estimate of drug-likeness (QED) is 0.672. The second kappa shape index (κ2) is 9.85. The standard InChI is InChI=1S/C27H34N4O4/c1-18(32)29-11-9-22(10-12-29)30-15-20-13-21(17-30)27-24(7-8-26(34)31(27)16-20)28-25(33)14-19-3-5-23(35-2)6-4-19/h3-8,20-22H,9-17H2,1-2H3,(H,28,33)/p+1/t20-,21+/m0/s1. The predicted molar refractivity (Wildman–Crippen MR) is 133 cm³/mol. The highest BCUT2D eigenvalue weighted by Gasteiger charge is 2.42. The van der Waals surface area contributed by atoms with Crippen molar-refractivity contribution in [2.45, 2.75) is 51.1 Å². The number of quaternary nitrogens is 1. The van der Waals surface area contributed by atoms with Gasteiger partial charge in [0.1, 0.15) is 5.75 Å². The smallest absolute Gasteiger partial charge is 0.250 e. The molecule has 8 nitrogen and oxygen atoms in total. The fraction of sp³-hybridized carbons (Fsp3) is 0.519. The molecule has 0 spiro atoms. The van der Waals surface area contributed by atoms with E-state index in [-0.39, 0.29) is 29.7 Å². The molecule has 0 aliphatic carbocycles. The summed E-state index contributed by atoms with van der Waals surface area (Å²) in [7, 11) is 1.62. The Morgan fingerprint density at radius 3 is 2.51 bits per heavy atom. The Morgan fingerprint density at radius 2 is 1.83 bits per heavy atom. The molecular weight excluding hydrogens is 444 g/mol. The van der Waals surface area contributed by atoms with E-state index >= 15 is 0 Å². The zero-order valence-electron chi connectivity index (χ0n) is 20.6. The van der Waals surface area contributed by atoms with E-state index in [1.165, 1.54) is 0 Å². The van der Waals surface area contributed by atoms with Gasteiger partial charge in [-0.25, -0.2) is 0 Å². The number of pyridine rings is 1. The van der Waals surface area contributed by atoms with Crippen LogP contribution in [0.1, 0.15) is 43.4 Å². The number of methoxy groups -OCH3 is 1. The minimum absolute atomic E-state index is 0.0149. The number of carbonyl (C=O) groups excluding carboxylic acids is 2. The summed E-state index contributed by atoms with van der Waals surface area (Å²) in [6, 6.07) is 11.4. The van der Waals surface area contributed by atoms with Crippen molar-refractivity contribution < 1.29 is 19.2 Å². The molecule has 4 heterocycles. The predicted octanol–water partition coefficient (Wildman–Crippen LogP) is 1.05. The molecule has 8 heteroatoms. The topological polar surface area (TPSA) is 85.1 Å². The van der Waals surface area contributed by atoms with E-state index < -0.39 is 0 Å². The summed E-state index contributed by atoms with van der Waals surface area (Å²) in [6.07, 6.45) is 3.38. The maximum Gasteiger partial charge on any atom is 0.250 e. The second-order valence-electron chi connectivity index (χ2n) is 10.3. The third-order valence-corrected chi connectivity index (χ3v) is 8.05. The van der Waals surface area contributed by atoms with Crippen LogP contribution in [0.25, 0.3) is 0 Å². The molecule has 0 radical (unpaired) electrons. The number of fused-ring (bicyclic) bond motifs is 4. The molecule has 2 aromatic rings. The van der Waals surface area contributed by atoms with Crippen molar-refractivity contribution in [2.75, 3.05) is 38.6 Å². The molecule has 0 saturated carbocycles. The van der Waals surface area contributed by atoms with Crippen LogP contribution in [0.5, 0.6) is 5.75 Å². The Bertz CT molecular complexity index is 1150. The summed E-state index contributed by atoms with van der Waals surface area (Å²) in [5.41, 5.74) is 2.67. The van der Waals surface area contributed by atoms with Crippen molar-refractivity contribution in [1.82, 2.24) is 9.47 Å². The van der Waals surface area contributed by atoms with Crippen molar-refractivity contribution in [3.63, 3.8) is 0 Å². The Kier molecular flexibility index (Phi) is 6.65. The van der Waals surface area contributed by atoms with Gasteiger partial charge in [0.2, 0.25) is 11.8 Å². The highest BCUT2D eigenvalue weighted by molar-refractivity contribution is 5.93. The molecule has 2 fully saturated rings. The lowest BCUT2D eigenvalue weighted by Crippen LogP contribution is -3.18.